The van der Waals surface area contributed by atoms with Crippen molar-refractivity contribution >= 4 is 11.6 Å². The molecule has 4 heteroatoms. The van der Waals surface area contributed by atoms with Crippen LogP contribution in [0, 0.1) is 0 Å². The number of pyridine rings is 1. The molecule has 0 saturated carbocycles. The Hall–Kier alpha value is -1.58. The number of amides is 1. The van der Waals surface area contributed by atoms with Crippen molar-refractivity contribution in [1.29, 1.82) is 0 Å². The van der Waals surface area contributed by atoms with Gasteiger partial charge in [-0.1, -0.05) is 39.5 Å². The van der Waals surface area contributed by atoms with Crippen molar-refractivity contribution in [2.24, 2.45) is 0 Å². The van der Waals surface area contributed by atoms with Crippen LogP contribution < -0.4 is 5.73 Å². The molecule has 0 aliphatic carbocycles. The minimum atomic E-state index is 0.0252. The van der Waals surface area contributed by atoms with Gasteiger partial charge in [-0.25, -0.2) is 4.98 Å². The highest BCUT2D eigenvalue weighted by atomic mass is 16.2. The zero-order valence-corrected chi connectivity index (χ0v) is 12.8. The lowest BCUT2D eigenvalue weighted by atomic mass is 10.2. The van der Waals surface area contributed by atoms with Crippen LogP contribution in [0.5, 0.6) is 0 Å². The van der Waals surface area contributed by atoms with E-state index in [0.29, 0.717) is 11.4 Å². The summed E-state index contributed by atoms with van der Waals surface area (Å²) >= 11 is 0. The zero-order chi connectivity index (χ0) is 14.8. The van der Waals surface area contributed by atoms with Gasteiger partial charge in [0.2, 0.25) is 0 Å². The first-order valence-electron chi connectivity index (χ1n) is 7.69. The molecule has 4 nitrogen and oxygen atoms in total. The monoisotopic (exact) mass is 277 g/mol. The van der Waals surface area contributed by atoms with Gasteiger partial charge >= 0.3 is 0 Å². The van der Waals surface area contributed by atoms with Gasteiger partial charge in [-0.2, -0.15) is 0 Å². The number of nitrogen functional groups attached to an aromatic ring is 1. The molecule has 1 aromatic rings. The van der Waals surface area contributed by atoms with E-state index in [-0.39, 0.29) is 5.91 Å². The molecule has 0 bridgehead atoms. The standard InChI is InChI=1S/C16H27N3O/c1-3-5-7-11-19(12-8-6-4-2)16(20)15-10-9-14(17)13-18-15/h9-10,13H,3-8,11-12,17H2,1-2H3. The van der Waals surface area contributed by atoms with Gasteiger partial charge in [0.15, 0.2) is 0 Å². The second kappa shape index (κ2) is 9.34. The van der Waals surface area contributed by atoms with E-state index in [4.69, 9.17) is 5.73 Å². The fraction of sp³-hybridized carbons (Fsp3) is 0.625. The Morgan fingerprint density at radius 1 is 1.10 bits per heavy atom. The fourth-order valence-electron chi connectivity index (χ4n) is 2.11. The van der Waals surface area contributed by atoms with E-state index in [2.05, 4.69) is 18.8 Å². The molecule has 0 saturated heterocycles. The Morgan fingerprint density at radius 2 is 1.70 bits per heavy atom. The topological polar surface area (TPSA) is 59.2 Å². The second-order valence-corrected chi connectivity index (χ2v) is 5.18. The minimum Gasteiger partial charge on any atom is -0.397 e. The van der Waals surface area contributed by atoms with Crippen LogP contribution in [0.25, 0.3) is 0 Å². The predicted molar refractivity (Wildman–Crippen MR) is 83.6 cm³/mol. The highest BCUT2D eigenvalue weighted by Gasteiger charge is 2.16. The molecule has 112 valence electrons. The molecule has 20 heavy (non-hydrogen) atoms. The lowest BCUT2D eigenvalue weighted by Crippen LogP contribution is -2.33. The summed E-state index contributed by atoms with van der Waals surface area (Å²) in [5, 5.41) is 0. The summed E-state index contributed by atoms with van der Waals surface area (Å²) in [5.41, 5.74) is 6.69. The van der Waals surface area contributed by atoms with Crippen molar-refractivity contribution < 1.29 is 4.79 Å². The van der Waals surface area contributed by atoms with Gasteiger partial charge in [0.1, 0.15) is 5.69 Å². The van der Waals surface area contributed by atoms with Gasteiger partial charge in [-0.3, -0.25) is 4.79 Å². The van der Waals surface area contributed by atoms with Gasteiger partial charge in [-0.15, -0.1) is 0 Å². The third kappa shape index (κ3) is 5.59. The van der Waals surface area contributed by atoms with Crippen LogP contribution in [0.4, 0.5) is 5.69 Å². The minimum absolute atomic E-state index is 0.0252. The van der Waals surface area contributed by atoms with Crippen molar-refractivity contribution in [1.82, 2.24) is 9.88 Å². The van der Waals surface area contributed by atoms with E-state index < -0.39 is 0 Å². The molecule has 1 amide bonds. The number of rotatable bonds is 9. The molecule has 0 radical (unpaired) electrons. The highest BCUT2D eigenvalue weighted by Crippen LogP contribution is 2.09. The van der Waals surface area contributed by atoms with E-state index in [1.165, 1.54) is 0 Å². The molecule has 0 aliphatic heterocycles. The second-order valence-electron chi connectivity index (χ2n) is 5.18. The molecule has 0 unspecified atom stereocenters. The Balaban J connectivity index is 2.63. The summed E-state index contributed by atoms with van der Waals surface area (Å²) in [5.74, 6) is 0.0252. The maximum atomic E-state index is 12.5. The van der Waals surface area contributed by atoms with E-state index in [1.54, 1.807) is 18.3 Å². The van der Waals surface area contributed by atoms with Crippen molar-refractivity contribution in [2.75, 3.05) is 18.8 Å². The van der Waals surface area contributed by atoms with Crippen LogP contribution in [0.15, 0.2) is 18.3 Å². The van der Waals surface area contributed by atoms with E-state index in [9.17, 15) is 4.79 Å². The molecule has 1 aromatic heterocycles. The Kier molecular flexibility index (Phi) is 7.70. The summed E-state index contributed by atoms with van der Waals surface area (Å²) in [4.78, 5) is 18.5. The summed E-state index contributed by atoms with van der Waals surface area (Å²) in [6, 6.07) is 3.45. The van der Waals surface area contributed by atoms with Crippen molar-refractivity contribution in [3.05, 3.63) is 24.0 Å². The zero-order valence-electron chi connectivity index (χ0n) is 12.8. The number of hydrogen-bond donors (Lipinski definition) is 1. The molecule has 2 N–H and O–H groups in total. The normalized spacial score (nSPS) is 10.5. The Morgan fingerprint density at radius 3 is 2.15 bits per heavy atom. The number of carbonyl (C=O) groups excluding carboxylic acids is 1. The van der Waals surface area contributed by atoms with Gasteiger partial charge in [0.05, 0.1) is 11.9 Å². The number of unbranched alkanes of at least 4 members (excludes halogenated alkanes) is 4. The first-order chi connectivity index (χ1) is 9.69. The van der Waals surface area contributed by atoms with Gasteiger partial charge < -0.3 is 10.6 Å². The van der Waals surface area contributed by atoms with Crippen molar-refractivity contribution in [2.45, 2.75) is 52.4 Å². The SMILES string of the molecule is CCCCCN(CCCCC)C(=O)c1ccc(N)cn1. The summed E-state index contributed by atoms with van der Waals surface area (Å²) in [7, 11) is 0. The third-order valence-electron chi connectivity index (χ3n) is 3.36. The first-order valence-corrected chi connectivity index (χ1v) is 7.69. The average molecular weight is 277 g/mol. The molecular weight excluding hydrogens is 250 g/mol. The molecule has 0 aromatic carbocycles. The number of anilines is 1. The van der Waals surface area contributed by atoms with Crippen LogP contribution in [-0.4, -0.2) is 28.9 Å². The molecule has 1 rings (SSSR count). The van der Waals surface area contributed by atoms with E-state index >= 15 is 0 Å². The van der Waals surface area contributed by atoms with Crippen LogP contribution in [0.1, 0.15) is 62.9 Å². The molecule has 0 aliphatic rings. The van der Waals surface area contributed by atoms with Gasteiger partial charge in [-0.05, 0) is 25.0 Å². The maximum absolute atomic E-state index is 12.5. The third-order valence-corrected chi connectivity index (χ3v) is 3.36. The quantitative estimate of drug-likeness (QED) is 0.703. The summed E-state index contributed by atoms with van der Waals surface area (Å²) in [6.07, 6.45) is 8.31. The highest BCUT2D eigenvalue weighted by molar-refractivity contribution is 5.92. The van der Waals surface area contributed by atoms with Crippen LogP contribution in [-0.2, 0) is 0 Å². The fourth-order valence-corrected chi connectivity index (χ4v) is 2.11. The predicted octanol–water partition coefficient (Wildman–Crippen LogP) is 3.49. The van der Waals surface area contributed by atoms with E-state index in [1.807, 2.05) is 4.90 Å². The Labute approximate surface area is 122 Å². The lowest BCUT2D eigenvalue weighted by Gasteiger charge is -2.22. The number of aromatic nitrogens is 1. The number of nitrogens with two attached hydrogens (primary N) is 1. The van der Waals surface area contributed by atoms with Gasteiger partial charge in [0, 0.05) is 13.1 Å². The lowest BCUT2D eigenvalue weighted by molar-refractivity contribution is 0.0743. The summed E-state index contributed by atoms with van der Waals surface area (Å²) < 4.78 is 0. The molecular formula is C16H27N3O. The van der Waals surface area contributed by atoms with Crippen molar-refractivity contribution in [3.8, 4) is 0 Å². The summed E-state index contributed by atoms with van der Waals surface area (Å²) in [6.45, 7) is 5.99. The molecule has 0 atom stereocenters. The smallest absolute Gasteiger partial charge is 0.272 e. The van der Waals surface area contributed by atoms with E-state index in [0.717, 1.165) is 51.6 Å². The number of carbonyl (C=O) groups is 1. The van der Waals surface area contributed by atoms with Gasteiger partial charge in [0.25, 0.3) is 5.91 Å². The molecule has 1 heterocycles. The average Bonchev–Trinajstić information content (AvgIpc) is 2.46. The number of nitrogens with zero attached hydrogens (tertiary/aromatic N) is 2. The maximum Gasteiger partial charge on any atom is 0.272 e. The largest absolute Gasteiger partial charge is 0.397 e. The van der Waals surface area contributed by atoms with Crippen LogP contribution in [0.3, 0.4) is 0 Å². The number of hydrogen-bond acceptors (Lipinski definition) is 3. The van der Waals surface area contributed by atoms with Crippen LogP contribution in [0.2, 0.25) is 0 Å². The van der Waals surface area contributed by atoms with Crippen LogP contribution >= 0.6 is 0 Å². The first kappa shape index (κ1) is 16.5. The Bertz CT molecular complexity index is 379. The molecule has 0 fully saturated rings. The molecule has 0 spiro atoms. The van der Waals surface area contributed by atoms with Crippen molar-refractivity contribution in [3.63, 3.8) is 0 Å².